The standard InChI is InChI=1S/C20H21N3O2S/c1-12-17(23-19(26-12)22-16-7-5-6-8-21-16)13-9-14-11-20(2,3)25-18(14)15(10-13)24-4/h5-10H,11H2,1-4H3,(H,21,22,23). The lowest BCUT2D eigenvalue weighted by Crippen LogP contribution is -2.24. The molecule has 0 aliphatic carbocycles. The molecule has 0 bridgehead atoms. The summed E-state index contributed by atoms with van der Waals surface area (Å²) in [6.07, 6.45) is 2.62. The van der Waals surface area contributed by atoms with E-state index in [9.17, 15) is 0 Å². The van der Waals surface area contributed by atoms with E-state index < -0.39 is 0 Å². The van der Waals surface area contributed by atoms with Gasteiger partial charge in [-0.15, -0.1) is 11.3 Å². The molecule has 1 N–H and O–H groups in total. The molecule has 26 heavy (non-hydrogen) atoms. The van der Waals surface area contributed by atoms with Gasteiger partial charge in [-0.25, -0.2) is 9.97 Å². The van der Waals surface area contributed by atoms with Crippen molar-refractivity contribution < 1.29 is 9.47 Å². The van der Waals surface area contributed by atoms with Crippen LogP contribution in [0.25, 0.3) is 11.3 Å². The highest BCUT2D eigenvalue weighted by atomic mass is 32.1. The fourth-order valence-electron chi connectivity index (χ4n) is 3.23. The molecule has 2 aromatic heterocycles. The summed E-state index contributed by atoms with van der Waals surface area (Å²) >= 11 is 1.62. The lowest BCUT2D eigenvalue weighted by atomic mass is 9.99. The summed E-state index contributed by atoms with van der Waals surface area (Å²) in [4.78, 5) is 10.2. The molecule has 134 valence electrons. The van der Waals surface area contributed by atoms with Crippen molar-refractivity contribution in [2.75, 3.05) is 12.4 Å². The summed E-state index contributed by atoms with van der Waals surface area (Å²) in [5, 5.41) is 4.10. The van der Waals surface area contributed by atoms with Gasteiger partial charge in [0, 0.05) is 28.6 Å². The summed E-state index contributed by atoms with van der Waals surface area (Å²) in [5.41, 5.74) is 2.96. The number of anilines is 2. The van der Waals surface area contributed by atoms with Crippen molar-refractivity contribution in [3.63, 3.8) is 0 Å². The molecule has 5 nitrogen and oxygen atoms in total. The first-order chi connectivity index (χ1) is 12.4. The number of benzene rings is 1. The Morgan fingerprint density at radius 3 is 2.85 bits per heavy atom. The summed E-state index contributed by atoms with van der Waals surface area (Å²) in [6, 6.07) is 9.94. The number of rotatable bonds is 4. The van der Waals surface area contributed by atoms with Crippen LogP contribution in [0.5, 0.6) is 11.5 Å². The van der Waals surface area contributed by atoms with Crippen LogP contribution in [-0.2, 0) is 6.42 Å². The van der Waals surface area contributed by atoms with Gasteiger partial charge in [0.1, 0.15) is 11.4 Å². The van der Waals surface area contributed by atoms with Gasteiger partial charge in [-0.3, -0.25) is 0 Å². The van der Waals surface area contributed by atoms with E-state index in [-0.39, 0.29) is 5.60 Å². The minimum Gasteiger partial charge on any atom is -0.493 e. The van der Waals surface area contributed by atoms with Crippen LogP contribution in [0.2, 0.25) is 0 Å². The Kier molecular flexibility index (Phi) is 4.07. The Morgan fingerprint density at radius 1 is 1.27 bits per heavy atom. The smallest absolute Gasteiger partial charge is 0.189 e. The Labute approximate surface area is 157 Å². The summed E-state index contributed by atoms with van der Waals surface area (Å²) in [5.74, 6) is 2.39. The average Bonchev–Trinajstić information content (AvgIpc) is 3.12. The highest BCUT2D eigenvalue weighted by Gasteiger charge is 2.33. The number of nitrogens with one attached hydrogen (secondary N) is 1. The zero-order valence-corrected chi connectivity index (χ0v) is 16.1. The summed E-state index contributed by atoms with van der Waals surface area (Å²) < 4.78 is 11.6. The zero-order chi connectivity index (χ0) is 18.3. The summed E-state index contributed by atoms with van der Waals surface area (Å²) in [6.45, 7) is 6.26. The second kappa shape index (κ2) is 6.29. The topological polar surface area (TPSA) is 56.3 Å². The first-order valence-electron chi connectivity index (χ1n) is 8.51. The Bertz CT molecular complexity index is 951. The predicted molar refractivity (Wildman–Crippen MR) is 105 cm³/mol. The number of aromatic nitrogens is 2. The Hall–Kier alpha value is -2.60. The molecule has 0 amide bonds. The van der Waals surface area contributed by atoms with E-state index in [2.05, 4.69) is 37.1 Å². The van der Waals surface area contributed by atoms with E-state index in [1.165, 1.54) is 0 Å². The first kappa shape index (κ1) is 16.8. The van der Waals surface area contributed by atoms with Crippen LogP contribution in [-0.4, -0.2) is 22.7 Å². The molecule has 1 aromatic carbocycles. The van der Waals surface area contributed by atoms with Gasteiger partial charge in [-0.2, -0.15) is 0 Å². The van der Waals surface area contributed by atoms with E-state index in [0.29, 0.717) is 0 Å². The van der Waals surface area contributed by atoms with Crippen molar-refractivity contribution in [2.24, 2.45) is 0 Å². The van der Waals surface area contributed by atoms with Crippen molar-refractivity contribution in [3.8, 4) is 22.8 Å². The number of hydrogen-bond donors (Lipinski definition) is 1. The van der Waals surface area contributed by atoms with Gasteiger partial charge in [-0.05, 0) is 45.0 Å². The molecule has 0 fully saturated rings. The van der Waals surface area contributed by atoms with Crippen LogP contribution in [0.3, 0.4) is 0 Å². The van der Waals surface area contributed by atoms with Crippen molar-refractivity contribution in [3.05, 3.63) is 47.0 Å². The normalized spacial score (nSPS) is 14.6. The van der Waals surface area contributed by atoms with Crippen molar-refractivity contribution in [2.45, 2.75) is 32.8 Å². The highest BCUT2D eigenvalue weighted by molar-refractivity contribution is 7.16. The maximum absolute atomic E-state index is 6.06. The van der Waals surface area contributed by atoms with E-state index in [0.717, 1.165) is 50.6 Å². The lowest BCUT2D eigenvalue weighted by Gasteiger charge is -2.17. The molecule has 0 saturated heterocycles. The third-order valence-corrected chi connectivity index (χ3v) is 5.20. The maximum Gasteiger partial charge on any atom is 0.189 e. The van der Waals surface area contributed by atoms with Crippen LogP contribution in [0.1, 0.15) is 24.3 Å². The molecule has 0 unspecified atom stereocenters. The molecular weight excluding hydrogens is 346 g/mol. The van der Waals surface area contributed by atoms with E-state index in [1.807, 2.05) is 24.3 Å². The molecule has 1 aliphatic rings. The minimum absolute atomic E-state index is 0.211. The maximum atomic E-state index is 6.06. The molecule has 0 atom stereocenters. The molecule has 1 aliphatic heterocycles. The van der Waals surface area contributed by atoms with Crippen LogP contribution in [0.15, 0.2) is 36.5 Å². The van der Waals surface area contributed by atoms with E-state index in [1.54, 1.807) is 24.6 Å². The first-order valence-corrected chi connectivity index (χ1v) is 9.32. The molecule has 6 heteroatoms. The van der Waals surface area contributed by atoms with Gasteiger partial charge in [0.05, 0.1) is 12.8 Å². The molecule has 3 heterocycles. The summed E-state index contributed by atoms with van der Waals surface area (Å²) in [7, 11) is 1.68. The minimum atomic E-state index is -0.211. The second-order valence-electron chi connectivity index (χ2n) is 6.97. The number of ether oxygens (including phenoxy) is 2. The van der Waals surface area contributed by atoms with Gasteiger partial charge in [-0.1, -0.05) is 6.07 Å². The number of thiazole rings is 1. The number of pyridine rings is 1. The quantitative estimate of drug-likeness (QED) is 0.705. The molecule has 0 saturated carbocycles. The van der Waals surface area contributed by atoms with Crippen molar-refractivity contribution >= 4 is 22.3 Å². The molecular formula is C20H21N3O2S. The number of hydrogen-bond acceptors (Lipinski definition) is 6. The molecule has 3 aromatic rings. The highest BCUT2D eigenvalue weighted by Crippen LogP contribution is 2.45. The Balaban J connectivity index is 1.70. The SMILES string of the molecule is COc1cc(-c2nc(Nc3ccccn3)sc2C)cc2c1OC(C)(C)C2. The van der Waals surface area contributed by atoms with Crippen LogP contribution >= 0.6 is 11.3 Å². The van der Waals surface area contributed by atoms with Gasteiger partial charge in [0.15, 0.2) is 16.6 Å². The second-order valence-corrected chi connectivity index (χ2v) is 8.17. The number of methoxy groups -OCH3 is 1. The van der Waals surface area contributed by atoms with Crippen LogP contribution < -0.4 is 14.8 Å². The molecule has 0 radical (unpaired) electrons. The van der Waals surface area contributed by atoms with E-state index >= 15 is 0 Å². The van der Waals surface area contributed by atoms with Gasteiger partial charge < -0.3 is 14.8 Å². The van der Waals surface area contributed by atoms with Crippen molar-refractivity contribution in [1.29, 1.82) is 0 Å². The van der Waals surface area contributed by atoms with E-state index in [4.69, 9.17) is 14.5 Å². The van der Waals surface area contributed by atoms with Crippen LogP contribution in [0.4, 0.5) is 10.9 Å². The predicted octanol–water partition coefficient (Wildman–Crippen LogP) is 4.98. The Morgan fingerprint density at radius 2 is 2.12 bits per heavy atom. The monoisotopic (exact) mass is 367 g/mol. The number of fused-ring (bicyclic) bond motifs is 1. The lowest BCUT2D eigenvalue weighted by molar-refractivity contribution is 0.134. The largest absolute Gasteiger partial charge is 0.493 e. The average molecular weight is 367 g/mol. The fourth-order valence-corrected chi connectivity index (χ4v) is 4.07. The molecule has 4 rings (SSSR count). The molecule has 0 spiro atoms. The van der Waals surface area contributed by atoms with Crippen molar-refractivity contribution in [1.82, 2.24) is 9.97 Å². The van der Waals surface area contributed by atoms with Gasteiger partial charge >= 0.3 is 0 Å². The number of nitrogens with zero attached hydrogens (tertiary/aromatic N) is 2. The van der Waals surface area contributed by atoms with Gasteiger partial charge in [0.25, 0.3) is 0 Å². The fraction of sp³-hybridized carbons (Fsp3) is 0.300. The van der Waals surface area contributed by atoms with Crippen LogP contribution in [0, 0.1) is 6.92 Å². The third-order valence-electron chi connectivity index (χ3n) is 4.32. The zero-order valence-electron chi connectivity index (χ0n) is 15.3. The number of aryl methyl sites for hydroxylation is 1. The third kappa shape index (κ3) is 3.12. The van der Waals surface area contributed by atoms with Gasteiger partial charge in [0.2, 0.25) is 0 Å².